The summed E-state index contributed by atoms with van der Waals surface area (Å²) in [6.07, 6.45) is 0. The Kier molecular flexibility index (Phi) is 2.67. The first-order valence-electron chi connectivity index (χ1n) is 5.53. The average molecular weight is 305 g/mol. The predicted octanol–water partition coefficient (Wildman–Crippen LogP) is 4.14. The summed E-state index contributed by atoms with van der Waals surface area (Å²) in [5, 5.41) is 0. The Morgan fingerprint density at radius 2 is 1.83 bits per heavy atom. The van der Waals surface area contributed by atoms with E-state index in [0.717, 1.165) is 26.9 Å². The molecule has 0 saturated heterocycles. The van der Waals surface area contributed by atoms with Gasteiger partial charge in [-0.15, -0.1) is 0 Å². The van der Waals surface area contributed by atoms with Crippen LogP contribution in [-0.2, 0) is 7.05 Å². The van der Waals surface area contributed by atoms with Crippen LogP contribution in [0.2, 0.25) is 0 Å². The average Bonchev–Trinajstić information content (AvgIpc) is 2.68. The van der Waals surface area contributed by atoms with Crippen LogP contribution in [0.25, 0.3) is 22.4 Å². The zero-order valence-corrected chi connectivity index (χ0v) is 11.3. The van der Waals surface area contributed by atoms with Crippen molar-refractivity contribution in [3.8, 4) is 11.4 Å². The fourth-order valence-electron chi connectivity index (χ4n) is 2.02. The largest absolute Gasteiger partial charge is 0.327 e. The summed E-state index contributed by atoms with van der Waals surface area (Å²) >= 11 is 3.45. The summed E-state index contributed by atoms with van der Waals surface area (Å²) in [7, 11) is 1.96. The normalized spacial score (nSPS) is 11.1. The minimum atomic E-state index is -0.236. The van der Waals surface area contributed by atoms with Gasteiger partial charge in [0.05, 0.1) is 11.0 Å². The van der Waals surface area contributed by atoms with Gasteiger partial charge in [-0.05, 0) is 42.5 Å². The van der Waals surface area contributed by atoms with Crippen LogP contribution in [0.3, 0.4) is 0 Å². The number of benzene rings is 2. The highest BCUT2D eigenvalue weighted by atomic mass is 79.9. The van der Waals surface area contributed by atoms with Gasteiger partial charge >= 0.3 is 0 Å². The number of nitrogens with zero attached hydrogens (tertiary/aromatic N) is 2. The number of aromatic nitrogens is 2. The summed E-state index contributed by atoms with van der Waals surface area (Å²) < 4.78 is 16.0. The number of aryl methyl sites for hydroxylation is 1. The third-order valence-electron chi connectivity index (χ3n) is 2.95. The second-order valence-electron chi connectivity index (χ2n) is 4.13. The number of halogens is 2. The molecule has 0 saturated carbocycles. The van der Waals surface area contributed by atoms with Crippen LogP contribution < -0.4 is 0 Å². The number of rotatable bonds is 1. The number of fused-ring (bicyclic) bond motifs is 1. The van der Waals surface area contributed by atoms with Gasteiger partial charge in [-0.1, -0.05) is 15.9 Å². The van der Waals surface area contributed by atoms with Crippen molar-refractivity contribution in [2.24, 2.45) is 7.05 Å². The van der Waals surface area contributed by atoms with E-state index in [-0.39, 0.29) is 5.82 Å². The van der Waals surface area contributed by atoms with Crippen LogP contribution in [-0.4, -0.2) is 9.55 Å². The molecule has 0 aliphatic heterocycles. The van der Waals surface area contributed by atoms with Gasteiger partial charge in [-0.3, -0.25) is 0 Å². The van der Waals surface area contributed by atoms with E-state index >= 15 is 0 Å². The topological polar surface area (TPSA) is 17.8 Å². The predicted molar refractivity (Wildman–Crippen MR) is 73.8 cm³/mol. The maximum absolute atomic E-state index is 12.9. The zero-order chi connectivity index (χ0) is 12.7. The number of hydrogen-bond acceptors (Lipinski definition) is 1. The maximum Gasteiger partial charge on any atom is 0.140 e. The molecule has 0 atom stereocenters. The third-order valence-corrected chi connectivity index (χ3v) is 3.44. The molecule has 1 heterocycles. The lowest BCUT2D eigenvalue weighted by Gasteiger charge is -2.02. The van der Waals surface area contributed by atoms with Crippen molar-refractivity contribution in [2.45, 2.75) is 0 Å². The van der Waals surface area contributed by atoms with Crippen molar-refractivity contribution >= 4 is 27.0 Å². The third kappa shape index (κ3) is 1.82. The molecule has 0 fully saturated rings. The molecule has 1 aromatic heterocycles. The quantitative estimate of drug-likeness (QED) is 0.660. The molecule has 2 aromatic carbocycles. The molecule has 0 aliphatic carbocycles. The van der Waals surface area contributed by atoms with E-state index < -0.39 is 0 Å². The molecule has 3 aromatic rings. The van der Waals surface area contributed by atoms with Gasteiger partial charge in [0.2, 0.25) is 0 Å². The fourth-order valence-corrected chi connectivity index (χ4v) is 2.37. The lowest BCUT2D eigenvalue weighted by Crippen LogP contribution is -1.92. The monoisotopic (exact) mass is 304 g/mol. The molecule has 3 rings (SSSR count). The molecule has 90 valence electrons. The van der Waals surface area contributed by atoms with E-state index in [0.29, 0.717) is 0 Å². The van der Waals surface area contributed by atoms with E-state index in [1.54, 1.807) is 12.1 Å². The van der Waals surface area contributed by atoms with Gasteiger partial charge < -0.3 is 4.57 Å². The molecule has 0 radical (unpaired) electrons. The van der Waals surface area contributed by atoms with Crippen molar-refractivity contribution in [1.29, 1.82) is 0 Å². The Labute approximate surface area is 112 Å². The first kappa shape index (κ1) is 11.4. The lowest BCUT2D eigenvalue weighted by molar-refractivity contribution is 0.628. The van der Waals surface area contributed by atoms with Crippen LogP contribution in [0.1, 0.15) is 0 Å². The SMILES string of the molecule is Cn1c(-c2ccc(F)cc2)nc2ccc(Br)cc21. The van der Waals surface area contributed by atoms with Crippen molar-refractivity contribution in [1.82, 2.24) is 9.55 Å². The minimum Gasteiger partial charge on any atom is -0.327 e. The highest BCUT2D eigenvalue weighted by molar-refractivity contribution is 9.10. The van der Waals surface area contributed by atoms with Crippen LogP contribution in [0, 0.1) is 5.82 Å². The van der Waals surface area contributed by atoms with Gasteiger partial charge in [-0.25, -0.2) is 9.37 Å². The van der Waals surface area contributed by atoms with E-state index in [4.69, 9.17) is 0 Å². The Hall–Kier alpha value is -1.68. The van der Waals surface area contributed by atoms with Crippen molar-refractivity contribution in [3.63, 3.8) is 0 Å². The first-order chi connectivity index (χ1) is 8.65. The molecular formula is C14H10BrFN2. The Balaban J connectivity index is 2.23. The lowest BCUT2D eigenvalue weighted by atomic mass is 10.2. The summed E-state index contributed by atoms with van der Waals surface area (Å²) in [5.74, 6) is 0.600. The van der Waals surface area contributed by atoms with E-state index in [1.807, 2.05) is 29.8 Å². The smallest absolute Gasteiger partial charge is 0.140 e. The molecule has 0 unspecified atom stereocenters. The van der Waals surface area contributed by atoms with E-state index in [2.05, 4.69) is 20.9 Å². The molecule has 0 amide bonds. The first-order valence-corrected chi connectivity index (χ1v) is 6.32. The summed E-state index contributed by atoms with van der Waals surface area (Å²) in [6.45, 7) is 0. The van der Waals surface area contributed by atoms with E-state index in [1.165, 1.54) is 12.1 Å². The van der Waals surface area contributed by atoms with Crippen LogP contribution in [0.15, 0.2) is 46.9 Å². The molecule has 2 nitrogen and oxygen atoms in total. The molecular weight excluding hydrogens is 295 g/mol. The second-order valence-corrected chi connectivity index (χ2v) is 5.05. The maximum atomic E-state index is 12.9. The highest BCUT2D eigenvalue weighted by Crippen LogP contribution is 2.25. The zero-order valence-electron chi connectivity index (χ0n) is 9.69. The molecule has 4 heteroatoms. The van der Waals surface area contributed by atoms with Gasteiger partial charge in [0.15, 0.2) is 0 Å². The Morgan fingerprint density at radius 1 is 1.11 bits per heavy atom. The molecule has 0 aliphatic rings. The highest BCUT2D eigenvalue weighted by Gasteiger charge is 2.09. The number of imidazole rings is 1. The van der Waals surface area contributed by atoms with Crippen LogP contribution >= 0.6 is 15.9 Å². The number of hydrogen-bond donors (Lipinski definition) is 0. The van der Waals surface area contributed by atoms with Gasteiger partial charge in [-0.2, -0.15) is 0 Å². The van der Waals surface area contributed by atoms with Crippen LogP contribution in [0.4, 0.5) is 4.39 Å². The van der Waals surface area contributed by atoms with Crippen LogP contribution in [0.5, 0.6) is 0 Å². The Bertz CT molecular complexity index is 716. The van der Waals surface area contributed by atoms with Gasteiger partial charge in [0.1, 0.15) is 11.6 Å². The van der Waals surface area contributed by atoms with Crippen molar-refractivity contribution in [2.75, 3.05) is 0 Å². The molecule has 0 bridgehead atoms. The second kappa shape index (κ2) is 4.21. The summed E-state index contributed by atoms with van der Waals surface area (Å²) in [5.41, 5.74) is 2.88. The summed E-state index contributed by atoms with van der Waals surface area (Å²) in [4.78, 5) is 4.57. The van der Waals surface area contributed by atoms with Gasteiger partial charge in [0, 0.05) is 17.1 Å². The Morgan fingerprint density at radius 3 is 2.56 bits per heavy atom. The summed E-state index contributed by atoms with van der Waals surface area (Å²) in [6, 6.07) is 12.3. The fraction of sp³-hybridized carbons (Fsp3) is 0.0714. The molecule has 18 heavy (non-hydrogen) atoms. The van der Waals surface area contributed by atoms with E-state index in [9.17, 15) is 4.39 Å². The van der Waals surface area contributed by atoms with Crippen molar-refractivity contribution < 1.29 is 4.39 Å². The molecule has 0 N–H and O–H groups in total. The van der Waals surface area contributed by atoms with Gasteiger partial charge in [0.25, 0.3) is 0 Å². The molecule has 0 spiro atoms. The van der Waals surface area contributed by atoms with Crippen molar-refractivity contribution in [3.05, 3.63) is 52.8 Å². The minimum absolute atomic E-state index is 0.236. The standard InChI is InChI=1S/C14H10BrFN2/c1-18-13-8-10(15)4-7-12(13)17-14(18)9-2-5-11(16)6-3-9/h2-8H,1H3.